The summed E-state index contributed by atoms with van der Waals surface area (Å²) in [5.74, 6) is -2.22. The van der Waals surface area contributed by atoms with Gasteiger partial charge in [0.05, 0.1) is 18.7 Å². The molecule has 1 unspecified atom stereocenters. The van der Waals surface area contributed by atoms with Crippen LogP contribution in [0.4, 0.5) is 5.69 Å². The van der Waals surface area contributed by atoms with Gasteiger partial charge in [0.2, 0.25) is 11.8 Å². The third-order valence-corrected chi connectivity index (χ3v) is 4.99. The van der Waals surface area contributed by atoms with Crippen molar-refractivity contribution in [1.82, 2.24) is 5.01 Å². The number of hydrogen-bond acceptors (Lipinski definition) is 6. The number of rotatable bonds is 3. The van der Waals surface area contributed by atoms with Crippen LogP contribution in [0, 0.1) is 3.57 Å². The highest BCUT2D eigenvalue weighted by molar-refractivity contribution is 14.1. The van der Waals surface area contributed by atoms with Gasteiger partial charge >= 0.3 is 5.97 Å². The van der Waals surface area contributed by atoms with Gasteiger partial charge in [-0.2, -0.15) is 5.10 Å². The third kappa shape index (κ3) is 2.89. The van der Waals surface area contributed by atoms with Gasteiger partial charge in [-0.25, -0.2) is 14.7 Å². The second-order valence-corrected chi connectivity index (χ2v) is 7.24. The molecule has 2 aliphatic rings. The number of imide groups is 1. The summed E-state index contributed by atoms with van der Waals surface area (Å²) in [4.78, 5) is 50.9. The van der Waals surface area contributed by atoms with E-state index in [1.54, 1.807) is 31.2 Å². The number of hydrogen-bond donors (Lipinski definition) is 0. The molecule has 1 aromatic carbocycles. The van der Waals surface area contributed by atoms with E-state index in [9.17, 15) is 19.2 Å². The molecule has 0 aliphatic carbocycles. The predicted molar refractivity (Wildman–Crippen MR) is 100 cm³/mol. The monoisotopic (exact) mass is 469 g/mol. The van der Waals surface area contributed by atoms with Gasteiger partial charge in [0.15, 0.2) is 5.54 Å². The lowest BCUT2D eigenvalue weighted by molar-refractivity contribution is -0.141. The Morgan fingerprint density at radius 2 is 1.88 bits per heavy atom. The summed E-state index contributed by atoms with van der Waals surface area (Å²) < 4.78 is 5.88. The molecule has 2 heterocycles. The topological polar surface area (TPSA) is 96.3 Å². The lowest BCUT2D eigenvalue weighted by atomic mass is 9.91. The van der Waals surface area contributed by atoms with Crippen molar-refractivity contribution in [3.05, 3.63) is 27.8 Å². The Morgan fingerprint density at radius 1 is 1.23 bits per heavy atom. The number of esters is 1. The zero-order valence-electron chi connectivity index (χ0n) is 14.2. The van der Waals surface area contributed by atoms with E-state index >= 15 is 0 Å². The largest absolute Gasteiger partial charge is 0.461 e. The zero-order valence-corrected chi connectivity index (χ0v) is 16.3. The number of halogens is 1. The Balaban J connectivity index is 1.98. The summed E-state index contributed by atoms with van der Waals surface area (Å²) in [5, 5.41) is 4.94. The predicted octanol–water partition coefficient (Wildman–Crippen LogP) is 1.46. The fraction of sp³-hybridized carbons (Fsp3) is 0.353. The molecule has 1 spiro atoms. The maximum atomic E-state index is 13.2. The number of hydrazone groups is 1. The Bertz CT molecular complexity index is 835. The quantitative estimate of drug-likeness (QED) is 0.380. The highest BCUT2D eigenvalue weighted by Gasteiger charge is 2.61. The van der Waals surface area contributed by atoms with Crippen LogP contribution >= 0.6 is 22.6 Å². The number of ether oxygens (including phenoxy) is 1. The molecule has 136 valence electrons. The van der Waals surface area contributed by atoms with Gasteiger partial charge in [-0.3, -0.25) is 14.4 Å². The van der Waals surface area contributed by atoms with Crippen LogP contribution in [0.15, 0.2) is 29.4 Å². The van der Waals surface area contributed by atoms with Gasteiger partial charge in [0.25, 0.3) is 5.91 Å². The third-order valence-electron chi connectivity index (χ3n) is 4.27. The number of amides is 3. The molecule has 26 heavy (non-hydrogen) atoms. The van der Waals surface area contributed by atoms with E-state index in [1.807, 2.05) is 0 Å². The molecule has 1 saturated heterocycles. The Labute approximate surface area is 163 Å². The molecule has 2 aliphatic heterocycles. The maximum Gasteiger partial charge on any atom is 0.354 e. The van der Waals surface area contributed by atoms with E-state index in [-0.39, 0.29) is 25.2 Å². The molecule has 0 radical (unpaired) electrons. The lowest BCUT2D eigenvalue weighted by Gasteiger charge is -2.28. The number of nitrogens with zero attached hydrogens (tertiary/aromatic N) is 3. The molecular weight excluding hydrogens is 453 g/mol. The molecule has 1 fully saturated rings. The van der Waals surface area contributed by atoms with Crippen LogP contribution in [0.2, 0.25) is 0 Å². The summed E-state index contributed by atoms with van der Waals surface area (Å²) >= 11 is 2.12. The highest BCUT2D eigenvalue weighted by Crippen LogP contribution is 2.40. The minimum atomic E-state index is -1.51. The average Bonchev–Trinajstić information content (AvgIpc) is 3.08. The molecule has 3 rings (SSSR count). The SMILES string of the molecule is CCOC(=O)C1=NN(C(C)=O)C2(CC(=O)N(c3ccc(I)cc3)C2=O)C1. The summed E-state index contributed by atoms with van der Waals surface area (Å²) in [6, 6.07) is 6.88. The van der Waals surface area contributed by atoms with Crippen LogP contribution in [0.1, 0.15) is 26.7 Å². The van der Waals surface area contributed by atoms with Gasteiger partial charge < -0.3 is 4.74 Å². The first-order valence-electron chi connectivity index (χ1n) is 7.98. The van der Waals surface area contributed by atoms with Gasteiger partial charge in [-0.05, 0) is 53.8 Å². The molecule has 0 bridgehead atoms. The van der Waals surface area contributed by atoms with Crippen molar-refractivity contribution in [3.63, 3.8) is 0 Å². The van der Waals surface area contributed by atoms with Crippen LogP contribution in [0.3, 0.4) is 0 Å². The molecular formula is C17H16IN3O5. The maximum absolute atomic E-state index is 13.2. The van der Waals surface area contributed by atoms with Gasteiger partial charge in [0.1, 0.15) is 5.71 Å². The van der Waals surface area contributed by atoms with Crippen LogP contribution in [0.5, 0.6) is 0 Å². The van der Waals surface area contributed by atoms with Crippen molar-refractivity contribution >= 4 is 57.7 Å². The number of carbonyl (C=O) groups excluding carboxylic acids is 4. The Kier molecular flexibility index (Phi) is 4.82. The standard InChI is InChI=1S/C17H16IN3O5/c1-3-26-15(24)13-8-17(21(19-13)10(2)22)9-14(23)20(16(17)25)12-6-4-11(18)5-7-12/h4-7H,3,8-9H2,1-2H3. The average molecular weight is 469 g/mol. The molecule has 1 aromatic rings. The van der Waals surface area contributed by atoms with Crippen LogP contribution < -0.4 is 4.90 Å². The van der Waals surface area contributed by atoms with Crippen LogP contribution in [0.25, 0.3) is 0 Å². The molecule has 0 N–H and O–H groups in total. The summed E-state index contributed by atoms with van der Waals surface area (Å²) in [6.07, 6.45) is -0.374. The van der Waals surface area contributed by atoms with Crippen molar-refractivity contribution < 1.29 is 23.9 Å². The highest BCUT2D eigenvalue weighted by atomic mass is 127. The van der Waals surface area contributed by atoms with Crippen molar-refractivity contribution in [2.24, 2.45) is 5.10 Å². The van der Waals surface area contributed by atoms with Gasteiger partial charge in [0, 0.05) is 16.9 Å². The number of anilines is 1. The minimum Gasteiger partial charge on any atom is -0.461 e. The molecule has 8 nitrogen and oxygen atoms in total. The molecule has 9 heteroatoms. The molecule has 0 aromatic heterocycles. The second kappa shape index (κ2) is 6.78. The first kappa shape index (κ1) is 18.5. The number of carbonyl (C=O) groups is 4. The fourth-order valence-electron chi connectivity index (χ4n) is 3.18. The van der Waals surface area contributed by atoms with E-state index < -0.39 is 29.2 Å². The fourth-order valence-corrected chi connectivity index (χ4v) is 3.54. The summed E-state index contributed by atoms with van der Waals surface area (Å²) in [5.41, 5.74) is -1.12. The van der Waals surface area contributed by atoms with Crippen molar-refractivity contribution in [3.8, 4) is 0 Å². The van der Waals surface area contributed by atoms with E-state index in [1.165, 1.54) is 6.92 Å². The zero-order chi connectivity index (χ0) is 19.1. The first-order chi connectivity index (χ1) is 12.3. The first-order valence-corrected chi connectivity index (χ1v) is 9.06. The van der Waals surface area contributed by atoms with Crippen LogP contribution in [-0.2, 0) is 23.9 Å². The van der Waals surface area contributed by atoms with E-state index in [2.05, 4.69) is 27.7 Å². The van der Waals surface area contributed by atoms with E-state index in [4.69, 9.17) is 4.74 Å². The minimum absolute atomic E-state index is 0.0346. The normalized spacial score (nSPS) is 22.2. The Hall–Kier alpha value is -2.30. The molecule has 3 amide bonds. The van der Waals surface area contributed by atoms with E-state index in [0.717, 1.165) is 13.5 Å². The van der Waals surface area contributed by atoms with Gasteiger partial charge in [-0.1, -0.05) is 0 Å². The van der Waals surface area contributed by atoms with Crippen molar-refractivity contribution in [2.45, 2.75) is 32.2 Å². The summed E-state index contributed by atoms with van der Waals surface area (Å²) in [6.45, 7) is 3.03. The smallest absolute Gasteiger partial charge is 0.354 e. The second-order valence-electron chi connectivity index (χ2n) is 5.99. The van der Waals surface area contributed by atoms with E-state index in [0.29, 0.717) is 5.69 Å². The van der Waals surface area contributed by atoms with Crippen molar-refractivity contribution in [2.75, 3.05) is 11.5 Å². The lowest BCUT2D eigenvalue weighted by Crippen LogP contribution is -2.51. The Morgan fingerprint density at radius 3 is 2.46 bits per heavy atom. The van der Waals surface area contributed by atoms with Gasteiger partial charge in [-0.15, -0.1) is 0 Å². The molecule has 1 atom stereocenters. The summed E-state index contributed by atoms with van der Waals surface area (Å²) in [7, 11) is 0. The van der Waals surface area contributed by atoms with Crippen LogP contribution in [-0.4, -0.2) is 46.6 Å². The number of benzene rings is 1. The van der Waals surface area contributed by atoms with Crippen molar-refractivity contribution in [1.29, 1.82) is 0 Å². The molecule has 0 saturated carbocycles.